The van der Waals surface area contributed by atoms with Gasteiger partial charge in [0.15, 0.2) is 5.54 Å². The molecule has 1 fully saturated rings. The average molecular weight is 594 g/mol. The first-order valence-electron chi connectivity index (χ1n) is 12.9. The third-order valence-electron chi connectivity index (χ3n) is 7.59. The molecule has 1 aromatic heterocycles. The van der Waals surface area contributed by atoms with Crippen LogP contribution in [0.1, 0.15) is 23.1 Å². The van der Waals surface area contributed by atoms with Crippen molar-refractivity contribution in [1.29, 1.82) is 5.26 Å². The van der Waals surface area contributed by atoms with E-state index in [4.69, 9.17) is 9.47 Å². The number of pyridine rings is 1. The smallest absolute Gasteiger partial charge is 0.271 e. The van der Waals surface area contributed by atoms with Gasteiger partial charge in [-0.3, -0.25) is 14.5 Å². The Morgan fingerprint density at radius 1 is 1.12 bits per heavy atom. The number of carbonyl (C=O) groups is 2. The first-order valence-corrected chi connectivity index (χ1v) is 14.4. The van der Waals surface area contributed by atoms with Crippen molar-refractivity contribution in [2.75, 3.05) is 39.2 Å². The van der Waals surface area contributed by atoms with Gasteiger partial charge in [0.1, 0.15) is 11.9 Å². The summed E-state index contributed by atoms with van der Waals surface area (Å²) in [6.07, 6.45) is -0.313. The number of alkyl halides is 1. The average Bonchev–Trinajstić information content (AvgIpc) is 3.51. The Morgan fingerprint density at radius 3 is 2.45 bits per heavy atom. The normalized spacial score (nSPS) is 22.0. The van der Waals surface area contributed by atoms with Crippen LogP contribution in [0.2, 0.25) is 0 Å². The second-order valence-corrected chi connectivity index (χ2v) is 11.9. The summed E-state index contributed by atoms with van der Waals surface area (Å²) in [6.45, 7) is -0.374. The van der Waals surface area contributed by atoms with E-state index >= 15 is 4.39 Å². The lowest BCUT2D eigenvalue weighted by atomic mass is 9.81. The molecule has 2 aliphatic rings. The molecule has 218 valence electrons. The largest absolute Gasteiger partial charge is 0.497 e. The zero-order chi connectivity index (χ0) is 30.4. The maximum absolute atomic E-state index is 15.3. The number of likely N-dealkylation sites (N-methyl/N-ethyl adjacent to an activating group) is 1. The van der Waals surface area contributed by atoms with Gasteiger partial charge < -0.3 is 14.4 Å². The Balaban J connectivity index is 1.87. The zero-order valence-corrected chi connectivity index (χ0v) is 24.1. The molecule has 2 amide bonds. The number of hydrogen-bond acceptors (Lipinski definition) is 9. The number of amides is 2. The molecule has 1 saturated heterocycles. The number of hydrogen-bond donors (Lipinski definition) is 0. The van der Waals surface area contributed by atoms with E-state index in [0.29, 0.717) is 10.1 Å². The monoisotopic (exact) mass is 593 g/mol. The van der Waals surface area contributed by atoms with E-state index in [-0.39, 0.29) is 46.1 Å². The molecule has 13 heteroatoms. The van der Waals surface area contributed by atoms with Gasteiger partial charge in [-0.25, -0.2) is 22.1 Å². The van der Waals surface area contributed by atoms with Crippen LogP contribution in [0.5, 0.6) is 11.6 Å². The standard InChI is InChI=1S/C29H28FN5O6S/c1-33(2)27(36)25-15-19(30)17-34(25)29(22-6-5-13-32-26(22)41-4)23-14-18(16-31)7-12-24(23)35(28(29)37)42(38,39)21-10-8-20(40-3)9-11-21/h5-14,19,25H,15,17H2,1-4H3/t19-,25+,29?/m1/s1. The van der Waals surface area contributed by atoms with Crippen molar-refractivity contribution in [3.05, 3.63) is 77.5 Å². The van der Waals surface area contributed by atoms with E-state index in [1.165, 1.54) is 98.9 Å². The van der Waals surface area contributed by atoms with Crippen molar-refractivity contribution in [2.45, 2.75) is 29.1 Å². The van der Waals surface area contributed by atoms with Gasteiger partial charge in [0, 0.05) is 44.4 Å². The number of methoxy groups -OCH3 is 2. The number of aromatic nitrogens is 1. The van der Waals surface area contributed by atoms with Crippen molar-refractivity contribution < 1.29 is 31.9 Å². The fourth-order valence-corrected chi connectivity index (χ4v) is 7.20. The highest BCUT2D eigenvalue weighted by Crippen LogP contribution is 2.54. The number of sulfonamides is 1. The van der Waals surface area contributed by atoms with Gasteiger partial charge in [-0.2, -0.15) is 5.26 Å². The summed E-state index contributed by atoms with van der Waals surface area (Å²) < 4.78 is 55.1. The van der Waals surface area contributed by atoms with Gasteiger partial charge in [-0.1, -0.05) is 0 Å². The molecule has 11 nitrogen and oxygen atoms in total. The van der Waals surface area contributed by atoms with E-state index < -0.39 is 39.6 Å². The second-order valence-electron chi connectivity index (χ2n) is 10.1. The van der Waals surface area contributed by atoms with E-state index in [1.54, 1.807) is 0 Å². The molecular weight excluding hydrogens is 565 g/mol. The molecular formula is C29H28FN5O6S. The predicted octanol–water partition coefficient (Wildman–Crippen LogP) is 2.45. The molecule has 42 heavy (non-hydrogen) atoms. The van der Waals surface area contributed by atoms with Crippen molar-refractivity contribution in [1.82, 2.24) is 14.8 Å². The minimum absolute atomic E-state index is 0.0267. The molecule has 1 unspecified atom stereocenters. The maximum atomic E-state index is 15.3. The summed E-state index contributed by atoms with van der Waals surface area (Å²) in [4.78, 5) is 35.2. The van der Waals surface area contributed by atoms with Gasteiger partial charge in [0.25, 0.3) is 15.9 Å². The van der Waals surface area contributed by atoms with Gasteiger partial charge in [-0.15, -0.1) is 0 Å². The lowest BCUT2D eigenvalue weighted by Gasteiger charge is -2.41. The van der Waals surface area contributed by atoms with Crippen molar-refractivity contribution >= 4 is 27.5 Å². The third-order valence-corrected chi connectivity index (χ3v) is 9.30. The molecule has 3 heterocycles. The highest BCUT2D eigenvalue weighted by molar-refractivity contribution is 7.93. The van der Waals surface area contributed by atoms with Gasteiger partial charge in [0.05, 0.1) is 42.5 Å². The lowest BCUT2D eigenvalue weighted by molar-refractivity contribution is -0.138. The summed E-state index contributed by atoms with van der Waals surface area (Å²) in [7, 11) is 1.23. The lowest BCUT2D eigenvalue weighted by Crippen LogP contribution is -2.59. The number of rotatable bonds is 7. The highest BCUT2D eigenvalue weighted by Gasteiger charge is 2.64. The van der Waals surface area contributed by atoms with Crippen LogP contribution in [0.3, 0.4) is 0 Å². The quantitative estimate of drug-likeness (QED) is 0.405. The van der Waals surface area contributed by atoms with E-state index in [0.717, 1.165) is 0 Å². The minimum atomic E-state index is -4.57. The Bertz CT molecular complexity index is 1710. The maximum Gasteiger partial charge on any atom is 0.271 e. The van der Waals surface area contributed by atoms with Crippen molar-refractivity contribution in [3.63, 3.8) is 0 Å². The number of carbonyl (C=O) groups excluding carboxylic acids is 2. The molecule has 0 bridgehead atoms. The predicted molar refractivity (Wildman–Crippen MR) is 149 cm³/mol. The topological polar surface area (TPSA) is 133 Å². The number of nitriles is 1. The van der Waals surface area contributed by atoms with Gasteiger partial charge >= 0.3 is 0 Å². The SMILES string of the molecule is COc1ccc(S(=O)(=O)N2C(=O)C(c3cccnc3OC)(N3C[C@H](F)C[C@H]3C(=O)N(C)C)c3cc(C#N)ccc32)cc1. The Hall–Kier alpha value is -4.54. The number of nitrogens with zero attached hydrogens (tertiary/aromatic N) is 5. The van der Waals surface area contributed by atoms with Crippen LogP contribution < -0.4 is 13.8 Å². The number of likely N-dealkylation sites (tertiary alicyclic amines) is 1. The van der Waals surface area contributed by atoms with Crippen LogP contribution in [0, 0.1) is 11.3 Å². The Morgan fingerprint density at radius 2 is 1.83 bits per heavy atom. The Kier molecular flexibility index (Phi) is 7.38. The molecule has 0 spiro atoms. The minimum Gasteiger partial charge on any atom is -0.497 e. The van der Waals surface area contributed by atoms with Crippen LogP contribution in [0.15, 0.2) is 65.7 Å². The van der Waals surface area contributed by atoms with Crippen molar-refractivity contribution in [3.8, 4) is 17.7 Å². The van der Waals surface area contributed by atoms with Crippen LogP contribution in [0.4, 0.5) is 10.1 Å². The number of halogens is 1. The molecule has 0 aliphatic carbocycles. The molecule has 2 aromatic carbocycles. The second kappa shape index (κ2) is 10.7. The van der Waals surface area contributed by atoms with Gasteiger partial charge in [0.2, 0.25) is 11.8 Å². The Labute approximate surface area is 242 Å². The molecule has 3 atom stereocenters. The highest BCUT2D eigenvalue weighted by atomic mass is 32.2. The van der Waals surface area contributed by atoms with Gasteiger partial charge in [-0.05, 0) is 54.6 Å². The third kappa shape index (κ3) is 4.26. The van der Waals surface area contributed by atoms with Crippen LogP contribution in [-0.2, 0) is 25.2 Å². The van der Waals surface area contributed by atoms with E-state index in [2.05, 4.69) is 4.98 Å². The molecule has 0 saturated carbocycles. The van der Waals surface area contributed by atoms with E-state index in [9.17, 15) is 23.3 Å². The first-order chi connectivity index (χ1) is 20.0. The number of anilines is 1. The zero-order valence-electron chi connectivity index (χ0n) is 23.3. The summed E-state index contributed by atoms with van der Waals surface area (Å²) in [5.74, 6) is -1.08. The molecule has 0 N–H and O–H groups in total. The van der Waals surface area contributed by atoms with Crippen LogP contribution in [-0.4, -0.2) is 82.1 Å². The molecule has 3 aromatic rings. The number of fused-ring (bicyclic) bond motifs is 1. The molecule has 5 rings (SSSR count). The summed E-state index contributed by atoms with van der Waals surface area (Å²) >= 11 is 0. The summed E-state index contributed by atoms with van der Waals surface area (Å²) in [6, 6.07) is 13.6. The van der Waals surface area contributed by atoms with E-state index in [1.807, 2.05) is 6.07 Å². The fraction of sp³-hybridized carbons (Fsp3) is 0.310. The molecule has 0 radical (unpaired) electrons. The first kappa shape index (κ1) is 29.0. The molecule has 2 aliphatic heterocycles. The van der Waals surface area contributed by atoms with Crippen molar-refractivity contribution in [2.24, 2.45) is 0 Å². The number of ether oxygens (including phenoxy) is 2. The van der Waals surface area contributed by atoms with Crippen LogP contribution in [0.25, 0.3) is 0 Å². The summed E-state index contributed by atoms with van der Waals surface area (Å²) in [5.41, 5.74) is -1.83. The fourth-order valence-electron chi connectivity index (χ4n) is 5.74. The summed E-state index contributed by atoms with van der Waals surface area (Å²) in [5, 5.41) is 9.80. The van der Waals surface area contributed by atoms with Crippen LogP contribution >= 0.6 is 0 Å². The number of benzene rings is 2.